The van der Waals surface area contributed by atoms with E-state index in [1.807, 2.05) is 30.3 Å². The molecule has 0 fully saturated rings. The Hall–Kier alpha value is -4.00. The summed E-state index contributed by atoms with van der Waals surface area (Å²) in [6.45, 7) is 0.417. The summed E-state index contributed by atoms with van der Waals surface area (Å²) in [5.74, 6) is -0.973. The van der Waals surface area contributed by atoms with Crippen LogP contribution < -0.4 is 14.8 Å². The molecule has 0 aliphatic carbocycles. The van der Waals surface area contributed by atoms with Gasteiger partial charge < -0.3 is 19.7 Å². The van der Waals surface area contributed by atoms with E-state index in [4.69, 9.17) is 14.6 Å². The van der Waals surface area contributed by atoms with Crippen molar-refractivity contribution in [3.05, 3.63) is 83.9 Å². The number of nitrogens with one attached hydrogen (secondary N) is 1. The Balaban J connectivity index is 1.57. The Labute approximate surface area is 160 Å². The Kier molecular flexibility index (Phi) is 5.76. The molecule has 3 N–H and O–H groups in total. The van der Waals surface area contributed by atoms with Gasteiger partial charge in [0.2, 0.25) is 0 Å². The number of phenols is 1. The topological polar surface area (TPSA) is 105 Å². The molecule has 0 radical (unpaired) electrons. The fraction of sp³-hybridized carbons (Fsp3) is 0.0476. The maximum Gasteiger partial charge on any atom is 0.417 e. The largest absolute Gasteiger partial charge is 0.505 e. The van der Waals surface area contributed by atoms with E-state index in [9.17, 15) is 14.7 Å². The first-order valence-electron chi connectivity index (χ1n) is 8.34. The van der Waals surface area contributed by atoms with Gasteiger partial charge in [0.05, 0.1) is 5.69 Å². The van der Waals surface area contributed by atoms with Crippen molar-refractivity contribution in [3.8, 4) is 17.2 Å². The third-order valence-electron chi connectivity index (χ3n) is 3.79. The van der Waals surface area contributed by atoms with Crippen LogP contribution >= 0.6 is 0 Å². The molecule has 0 aromatic heterocycles. The van der Waals surface area contributed by atoms with Crippen LogP contribution in [0, 0.1) is 0 Å². The highest BCUT2D eigenvalue weighted by atomic mass is 16.6. The first-order valence-corrected chi connectivity index (χ1v) is 8.34. The minimum atomic E-state index is -1.30. The smallest absolute Gasteiger partial charge is 0.417 e. The summed E-state index contributed by atoms with van der Waals surface area (Å²) in [5.41, 5.74) is 0.649. The molecule has 3 rings (SSSR count). The zero-order chi connectivity index (χ0) is 19.9. The van der Waals surface area contributed by atoms with Crippen molar-refractivity contribution in [1.82, 2.24) is 0 Å². The summed E-state index contributed by atoms with van der Waals surface area (Å²) in [7, 11) is 0. The number of ether oxygens (including phenoxy) is 2. The van der Waals surface area contributed by atoms with Crippen molar-refractivity contribution in [1.29, 1.82) is 0 Å². The first kappa shape index (κ1) is 18.8. The Morgan fingerprint density at radius 3 is 2.21 bits per heavy atom. The number of hydrogen-bond donors (Lipinski definition) is 3. The van der Waals surface area contributed by atoms with Gasteiger partial charge in [-0.2, -0.15) is 0 Å². The summed E-state index contributed by atoms with van der Waals surface area (Å²) in [5, 5.41) is 21.2. The average Bonchev–Trinajstić information content (AvgIpc) is 2.69. The van der Waals surface area contributed by atoms with Crippen LogP contribution in [0.25, 0.3) is 0 Å². The van der Waals surface area contributed by atoms with E-state index >= 15 is 0 Å². The van der Waals surface area contributed by atoms with E-state index in [2.05, 4.69) is 5.32 Å². The molecule has 3 aromatic rings. The van der Waals surface area contributed by atoms with Crippen molar-refractivity contribution in [2.24, 2.45) is 0 Å². The summed E-state index contributed by atoms with van der Waals surface area (Å²) in [6, 6.07) is 20.1. The maximum atomic E-state index is 12.0. The molecule has 7 heteroatoms. The summed E-state index contributed by atoms with van der Waals surface area (Å²) in [4.78, 5) is 23.0. The lowest BCUT2D eigenvalue weighted by Gasteiger charge is -2.10. The average molecular weight is 379 g/mol. The lowest BCUT2D eigenvalue weighted by atomic mass is 10.2. The molecule has 7 nitrogen and oxygen atoms in total. The van der Waals surface area contributed by atoms with E-state index in [0.29, 0.717) is 12.4 Å². The van der Waals surface area contributed by atoms with Crippen LogP contribution in [0.1, 0.15) is 15.9 Å². The molecular formula is C21H17NO6. The number of carboxylic acid groups (broad SMARTS) is 1. The van der Waals surface area contributed by atoms with Crippen LogP contribution in [0.4, 0.5) is 10.5 Å². The summed E-state index contributed by atoms with van der Waals surface area (Å²) >= 11 is 0. The second kappa shape index (κ2) is 8.59. The molecule has 0 spiro atoms. The molecule has 142 valence electrons. The molecule has 1 amide bonds. The monoisotopic (exact) mass is 379 g/mol. The zero-order valence-corrected chi connectivity index (χ0v) is 14.7. The van der Waals surface area contributed by atoms with Crippen LogP contribution in [-0.4, -0.2) is 22.3 Å². The van der Waals surface area contributed by atoms with Gasteiger partial charge in [-0.3, -0.25) is 5.32 Å². The number of aromatic carboxylic acids is 1. The van der Waals surface area contributed by atoms with Gasteiger partial charge in [-0.1, -0.05) is 36.4 Å². The fourth-order valence-electron chi connectivity index (χ4n) is 2.40. The molecular weight excluding hydrogens is 362 g/mol. The van der Waals surface area contributed by atoms with Gasteiger partial charge in [-0.25, -0.2) is 9.59 Å². The third kappa shape index (κ3) is 4.79. The molecule has 0 aliphatic rings. The van der Waals surface area contributed by atoms with Crippen LogP contribution in [0.15, 0.2) is 72.8 Å². The van der Waals surface area contributed by atoms with Gasteiger partial charge in [0.1, 0.15) is 23.7 Å². The standard InChI is InChI=1S/C21H17NO6/c23-19-17(20(24)25)7-4-8-18(19)22-21(26)28-16-11-9-15(10-12-16)27-13-14-5-2-1-3-6-14/h1-12,23H,13H2,(H,22,26)(H,24,25). The SMILES string of the molecule is O=C(Nc1cccc(C(=O)O)c1O)Oc1ccc(OCc2ccccc2)cc1. The minimum absolute atomic E-state index is 0.0623. The molecule has 0 bridgehead atoms. The first-order chi connectivity index (χ1) is 13.5. The molecule has 3 aromatic carbocycles. The second-order valence-corrected chi connectivity index (χ2v) is 5.77. The highest BCUT2D eigenvalue weighted by Crippen LogP contribution is 2.28. The molecule has 0 unspecified atom stereocenters. The van der Waals surface area contributed by atoms with Gasteiger partial charge in [0.25, 0.3) is 0 Å². The van der Waals surface area contributed by atoms with Gasteiger partial charge in [-0.05, 0) is 42.0 Å². The van der Waals surface area contributed by atoms with E-state index in [1.165, 1.54) is 18.2 Å². The van der Waals surface area contributed by atoms with Crippen LogP contribution in [0.3, 0.4) is 0 Å². The van der Waals surface area contributed by atoms with Crippen molar-refractivity contribution >= 4 is 17.7 Å². The van der Waals surface area contributed by atoms with Crippen LogP contribution in [-0.2, 0) is 6.61 Å². The molecule has 0 aliphatic heterocycles. The number of aromatic hydroxyl groups is 1. The number of carboxylic acids is 1. The van der Waals surface area contributed by atoms with E-state index < -0.39 is 17.8 Å². The van der Waals surface area contributed by atoms with Gasteiger partial charge >= 0.3 is 12.1 Å². The number of anilines is 1. The Bertz CT molecular complexity index is 970. The number of amides is 1. The highest BCUT2D eigenvalue weighted by Gasteiger charge is 2.15. The van der Waals surface area contributed by atoms with E-state index in [0.717, 1.165) is 5.56 Å². The summed E-state index contributed by atoms with van der Waals surface area (Å²) < 4.78 is 10.8. The van der Waals surface area contributed by atoms with Crippen LogP contribution in [0.5, 0.6) is 17.2 Å². The maximum absolute atomic E-state index is 12.0. The number of benzene rings is 3. The quantitative estimate of drug-likeness (QED) is 0.552. The van der Waals surface area contributed by atoms with Gasteiger partial charge in [0.15, 0.2) is 5.75 Å². The van der Waals surface area contributed by atoms with Gasteiger partial charge in [-0.15, -0.1) is 0 Å². The molecule has 0 saturated carbocycles. The number of para-hydroxylation sites is 1. The molecule has 28 heavy (non-hydrogen) atoms. The number of carbonyl (C=O) groups is 2. The lowest BCUT2D eigenvalue weighted by molar-refractivity contribution is 0.0693. The number of rotatable bonds is 6. The van der Waals surface area contributed by atoms with Crippen LogP contribution in [0.2, 0.25) is 0 Å². The van der Waals surface area contributed by atoms with Gasteiger partial charge in [0, 0.05) is 0 Å². The predicted molar refractivity (Wildman–Crippen MR) is 102 cm³/mol. The normalized spacial score (nSPS) is 10.1. The second-order valence-electron chi connectivity index (χ2n) is 5.77. The zero-order valence-electron chi connectivity index (χ0n) is 14.7. The lowest BCUT2D eigenvalue weighted by Crippen LogP contribution is -2.17. The Morgan fingerprint density at radius 2 is 1.54 bits per heavy atom. The fourth-order valence-corrected chi connectivity index (χ4v) is 2.40. The Morgan fingerprint density at radius 1 is 0.857 bits per heavy atom. The summed E-state index contributed by atoms with van der Waals surface area (Å²) in [6.07, 6.45) is -0.865. The minimum Gasteiger partial charge on any atom is -0.505 e. The van der Waals surface area contributed by atoms with Crippen molar-refractivity contribution < 1.29 is 29.3 Å². The molecule has 0 atom stereocenters. The number of hydrogen-bond acceptors (Lipinski definition) is 5. The highest BCUT2D eigenvalue weighted by molar-refractivity contribution is 5.96. The molecule has 0 heterocycles. The van der Waals surface area contributed by atoms with Crippen molar-refractivity contribution in [2.45, 2.75) is 6.61 Å². The third-order valence-corrected chi connectivity index (χ3v) is 3.79. The number of carbonyl (C=O) groups excluding carboxylic acids is 1. The van der Waals surface area contributed by atoms with Crippen molar-refractivity contribution in [2.75, 3.05) is 5.32 Å². The van der Waals surface area contributed by atoms with Crippen molar-refractivity contribution in [3.63, 3.8) is 0 Å². The van der Waals surface area contributed by atoms with E-state index in [-0.39, 0.29) is 17.0 Å². The molecule has 0 saturated heterocycles. The predicted octanol–water partition coefficient (Wildman–Crippen LogP) is 4.28. The van der Waals surface area contributed by atoms with E-state index in [1.54, 1.807) is 24.3 Å².